The molecule has 2 nitrogen and oxygen atoms in total. The highest BCUT2D eigenvalue weighted by Crippen LogP contribution is 2.22. The average molecular weight is 289 g/mol. The summed E-state index contributed by atoms with van der Waals surface area (Å²) in [6, 6.07) is 8.74. The molecule has 0 bridgehead atoms. The maximum Gasteiger partial charge on any atom is 0.0723 e. The summed E-state index contributed by atoms with van der Waals surface area (Å²) in [5, 5.41) is 3.53. The molecule has 2 rings (SSSR count). The largest absolute Gasteiger partial charge is 0.374 e. The van der Waals surface area contributed by atoms with Crippen molar-refractivity contribution in [1.29, 1.82) is 0 Å². The van der Waals surface area contributed by atoms with Crippen LogP contribution in [0.5, 0.6) is 0 Å². The van der Waals surface area contributed by atoms with Crippen molar-refractivity contribution in [1.82, 2.24) is 5.32 Å². The predicted molar refractivity (Wildman–Crippen MR) is 89.5 cm³/mol. The molecule has 0 unspecified atom stereocenters. The molecule has 21 heavy (non-hydrogen) atoms. The number of ether oxygens (including phenoxy) is 1. The predicted octanol–water partition coefficient (Wildman–Crippen LogP) is 4.32. The molecule has 1 aromatic carbocycles. The standard InChI is InChI=1S/C19H31NO/c1-16(2)14-20-13-12-17-8-6-7-9-18(17)15-21-19-10-4-3-5-11-19/h6-9,16,19-20H,3-5,10-15H2,1-2H3. The second-order valence-corrected chi connectivity index (χ2v) is 6.69. The van der Waals surface area contributed by atoms with Gasteiger partial charge < -0.3 is 10.1 Å². The van der Waals surface area contributed by atoms with Gasteiger partial charge in [-0.1, -0.05) is 57.4 Å². The van der Waals surface area contributed by atoms with Gasteiger partial charge >= 0.3 is 0 Å². The molecule has 0 aliphatic heterocycles. The minimum atomic E-state index is 0.492. The molecule has 1 fully saturated rings. The minimum Gasteiger partial charge on any atom is -0.374 e. The second-order valence-electron chi connectivity index (χ2n) is 6.69. The Balaban J connectivity index is 1.78. The highest BCUT2D eigenvalue weighted by Gasteiger charge is 2.14. The van der Waals surface area contributed by atoms with Crippen LogP contribution in [0.15, 0.2) is 24.3 Å². The van der Waals surface area contributed by atoms with Gasteiger partial charge in [-0.2, -0.15) is 0 Å². The van der Waals surface area contributed by atoms with Crippen molar-refractivity contribution in [3.05, 3.63) is 35.4 Å². The van der Waals surface area contributed by atoms with Gasteiger partial charge in [0.1, 0.15) is 0 Å². The Morgan fingerprint density at radius 2 is 1.81 bits per heavy atom. The molecule has 0 amide bonds. The summed E-state index contributed by atoms with van der Waals surface area (Å²) in [4.78, 5) is 0. The molecular formula is C19H31NO. The molecule has 1 aliphatic rings. The number of rotatable bonds is 8. The molecule has 0 saturated heterocycles. The van der Waals surface area contributed by atoms with Crippen LogP contribution in [0.3, 0.4) is 0 Å². The lowest BCUT2D eigenvalue weighted by molar-refractivity contribution is 0.0165. The summed E-state index contributed by atoms with van der Waals surface area (Å²) in [5.41, 5.74) is 2.80. The minimum absolute atomic E-state index is 0.492. The number of hydrogen-bond acceptors (Lipinski definition) is 2. The van der Waals surface area contributed by atoms with Crippen LogP contribution in [0.25, 0.3) is 0 Å². The molecule has 118 valence electrons. The molecule has 1 aromatic rings. The Kier molecular flexibility index (Phi) is 7.25. The lowest BCUT2D eigenvalue weighted by atomic mass is 9.97. The van der Waals surface area contributed by atoms with E-state index in [1.54, 1.807) is 0 Å². The highest BCUT2D eigenvalue weighted by atomic mass is 16.5. The fraction of sp³-hybridized carbons (Fsp3) is 0.684. The first-order chi connectivity index (χ1) is 10.3. The van der Waals surface area contributed by atoms with Gasteiger partial charge in [0.25, 0.3) is 0 Å². The van der Waals surface area contributed by atoms with Crippen LogP contribution in [-0.2, 0) is 17.8 Å². The van der Waals surface area contributed by atoms with Gasteiger partial charge in [0.15, 0.2) is 0 Å². The lowest BCUT2D eigenvalue weighted by Gasteiger charge is -2.22. The van der Waals surface area contributed by atoms with Gasteiger partial charge in [0.2, 0.25) is 0 Å². The number of hydrogen-bond donors (Lipinski definition) is 1. The van der Waals surface area contributed by atoms with Gasteiger partial charge in [-0.15, -0.1) is 0 Å². The van der Waals surface area contributed by atoms with Crippen molar-refractivity contribution < 1.29 is 4.74 Å². The van der Waals surface area contributed by atoms with Crippen molar-refractivity contribution in [3.63, 3.8) is 0 Å². The van der Waals surface area contributed by atoms with Crippen LogP contribution in [0.1, 0.15) is 57.1 Å². The van der Waals surface area contributed by atoms with E-state index in [9.17, 15) is 0 Å². The highest BCUT2D eigenvalue weighted by molar-refractivity contribution is 5.26. The molecule has 1 saturated carbocycles. The van der Waals surface area contributed by atoms with E-state index in [2.05, 4.69) is 43.4 Å². The summed E-state index contributed by atoms with van der Waals surface area (Å²) < 4.78 is 6.13. The number of benzene rings is 1. The zero-order chi connectivity index (χ0) is 14.9. The number of nitrogens with one attached hydrogen (secondary N) is 1. The van der Waals surface area contributed by atoms with Crippen LogP contribution in [0.2, 0.25) is 0 Å². The van der Waals surface area contributed by atoms with Gasteiger partial charge in [-0.05, 0) is 49.4 Å². The second kappa shape index (κ2) is 9.22. The third kappa shape index (κ3) is 6.19. The molecule has 0 radical (unpaired) electrons. The van der Waals surface area contributed by atoms with Crippen LogP contribution < -0.4 is 5.32 Å². The van der Waals surface area contributed by atoms with Gasteiger partial charge in [-0.25, -0.2) is 0 Å². The van der Waals surface area contributed by atoms with E-state index in [1.807, 2.05) is 0 Å². The summed E-state index contributed by atoms with van der Waals surface area (Å²) in [5.74, 6) is 0.717. The molecule has 2 heteroatoms. The lowest BCUT2D eigenvalue weighted by Crippen LogP contribution is -2.22. The molecule has 1 N–H and O–H groups in total. The molecule has 0 aromatic heterocycles. The molecule has 1 aliphatic carbocycles. The van der Waals surface area contributed by atoms with E-state index >= 15 is 0 Å². The monoisotopic (exact) mass is 289 g/mol. The first-order valence-electron chi connectivity index (χ1n) is 8.65. The van der Waals surface area contributed by atoms with Crippen LogP contribution in [-0.4, -0.2) is 19.2 Å². The van der Waals surface area contributed by atoms with Crippen molar-refractivity contribution in [2.75, 3.05) is 13.1 Å². The fourth-order valence-corrected chi connectivity index (χ4v) is 3.00. The Morgan fingerprint density at radius 1 is 1.10 bits per heavy atom. The van der Waals surface area contributed by atoms with Crippen LogP contribution in [0.4, 0.5) is 0 Å². The Hall–Kier alpha value is -0.860. The zero-order valence-corrected chi connectivity index (χ0v) is 13.7. The fourth-order valence-electron chi connectivity index (χ4n) is 3.00. The van der Waals surface area contributed by atoms with Gasteiger partial charge in [0, 0.05) is 0 Å². The Bertz CT molecular complexity index is 396. The first kappa shape index (κ1) is 16.5. The van der Waals surface area contributed by atoms with Crippen molar-refractivity contribution in [3.8, 4) is 0 Å². The van der Waals surface area contributed by atoms with E-state index in [0.29, 0.717) is 6.10 Å². The maximum absolute atomic E-state index is 6.13. The normalized spacial score (nSPS) is 16.5. The summed E-state index contributed by atoms with van der Waals surface area (Å²) in [6.07, 6.45) is 8.15. The van der Waals surface area contributed by atoms with E-state index in [4.69, 9.17) is 4.74 Å². The SMILES string of the molecule is CC(C)CNCCc1ccccc1COC1CCCCC1. The molecule has 0 atom stereocenters. The van der Waals surface area contributed by atoms with Crippen molar-refractivity contribution in [2.24, 2.45) is 5.92 Å². The zero-order valence-electron chi connectivity index (χ0n) is 13.7. The summed E-state index contributed by atoms with van der Waals surface area (Å²) in [6.45, 7) is 7.43. The smallest absolute Gasteiger partial charge is 0.0723 e. The summed E-state index contributed by atoms with van der Waals surface area (Å²) in [7, 11) is 0. The van der Waals surface area contributed by atoms with Crippen molar-refractivity contribution in [2.45, 2.75) is 65.1 Å². The Labute approximate surface area is 130 Å². The van der Waals surface area contributed by atoms with E-state index in [0.717, 1.165) is 32.0 Å². The Morgan fingerprint density at radius 3 is 2.52 bits per heavy atom. The van der Waals surface area contributed by atoms with Gasteiger partial charge in [0.05, 0.1) is 12.7 Å². The summed E-state index contributed by atoms with van der Waals surface area (Å²) >= 11 is 0. The quantitative estimate of drug-likeness (QED) is 0.719. The van der Waals surface area contributed by atoms with Crippen LogP contribution >= 0.6 is 0 Å². The van der Waals surface area contributed by atoms with Crippen LogP contribution in [0, 0.1) is 5.92 Å². The molecule has 0 spiro atoms. The van der Waals surface area contributed by atoms with E-state index < -0.39 is 0 Å². The first-order valence-corrected chi connectivity index (χ1v) is 8.65. The van der Waals surface area contributed by atoms with E-state index in [1.165, 1.54) is 43.2 Å². The molecular weight excluding hydrogens is 258 g/mol. The average Bonchev–Trinajstić information content (AvgIpc) is 2.51. The maximum atomic E-state index is 6.13. The van der Waals surface area contributed by atoms with E-state index in [-0.39, 0.29) is 0 Å². The topological polar surface area (TPSA) is 21.3 Å². The molecule has 0 heterocycles. The third-order valence-electron chi connectivity index (χ3n) is 4.27. The van der Waals surface area contributed by atoms with Crippen molar-refractivity contribution >= 4 is 0 Å². The third-order valence-corrected chi connectivity index (χ3v) is 4.27. The van der Waals surface area contributed by atoms with Gasteiger partial charge in [-0.3, -0.25) is 0 Å².